The molecule has 0 amide bonds. The first-order valence-electron chi connectivity index (χ1n) is 6.26. The summed E-state index contributed by atoms with van der Waals surface area (Å²) in [6.07, 6.45) is 9.45. The van der Waals surface area contributed by atoms with Crippen molar-refractivity contribution in [2.45, 2.75) is 38.0 Å². The molecule has 17 heavy (non-hydrogen) atoms. The molecule has 90 valence electrons. The van der Waals surface area contributed by atoms with Crippen molar-refractivity contribution in [1.29, 1.82) is 0 Å². The maximum atomic E-state index is 10.4. The first-order chi connectivity index (χ1) is 8.25. The van der Waals surface area contributed by atoms with E-state index in [1.807, 2.05) is 12.1 Å². The molecule has 0 atom stereocenters. The van der Waals surface area contributed by atoms with Crippen molar-refractivity contribution >= 4 is 12.0 Å². The van der Waals surface area contributed by atoms with Gasteiger partial charge in [0.05, 0.1) is 0 Å². The number of carboxylic acid groups (broad SMARTS) is 1. The largest absolute Gasteiger partial charge is 0.478 e. The van der Waals surface area contributed by atoms with Gasteiger partial charge in [-0.1, -0.05) is 43.5 Å². The molecule has 0 unspecified atom stereocenters. The van der Waals surface area contributed by atoms with Crippen molar-refractivity contribution < 1.29 is 9.90 Å². The number of carbonyl (C=O) groups is 1. The average molecular weight is 230 g/mol. The Morgan fingerprint density at radius 2 is 1.76 bits per heavy atom. The van der Waals surface area contributed by atoms with Crippen LogP contribution in [0.1, 0.15) is 49.1 Å². The van der Waals surface area contributed by atoms with Crippen molar-refractivity contribution in [3.63, 3.8) is 0 Å². The summed E-state index contributed by atoms with van der Waals surface area (Å²) in [5.41, 5.74) is 2.35. The molecule has 1 aromatic carbocycles. The van der Waals surface area contributed by atoms with Crippen LogP contribution in [0.5, 0.6) is 0 Å². The topological polar surface area (TPSA) is 37.3 Å². The summed E-state index contributed by atoms with van der Waals surface area (Å²) in [6, 6.07) is 8.28. The summed E-state index contributed by atoms with van der Waals surface area (Å²) >= 11 is 0. The van der Waals surface area contributed by atoms with Gasteiger partial charge in [0.25, 0.3) is 0 Å². The Morgan fingerprint density at radius 1 is 1.12 bits per heavy atom. The molecule has 1 fully saturated rings. The van der Waals surface area contributed by atoms with Gasteiger partial charge in [-0.3, -0.25) is 0 Å². The fraction of sp³-hybridized carbons (Fsp3) is 0.400. The van der Waals surface area contributed by atoms with Gasteiger partial charge in [0.15, 0.2) is 0 Å². The summed E-state index contributed by atoms with van der Waals surface area (Å²) in [4.78, 5) is 10.4. The number of rotatable bonds is 3. The molecule has 2 rings (SSSR count). The Bertz CT molecular complexity index is 397. The van der Waals surface area contributed by atoms with Crippen LogP contribution in [0.4, 0.5) is 0 Å². The van der Waals surface area contributed by atoms with E-state index in [1.54, 1.807) is 6.08 Å². The van der Waals surface area contributed by atoms with E-state index in [0.717, 1.165) is 5.56 Å². The zero-order valence-corrected chi connectivity index (χ0v) is 9.93. The maximum absolute atomic E-state index is 10.4. The van der Waals surface area contributed by atoms with Gasteiger partial charge in [0.1, 0.15) is 0 Å². The highest BCUT2D eigenvalue weighted by atomic mass is 16.4. The van der Waals surface area contributed by atoms with Gasteiger partial charge in [0.2, 0.25) is 0 Å². The van der Waals surface area contributed by atoms with Gasteiger partial charge in [0, 0.05) is 6.08 Å². The summed E-state index contributed by atoms with van der Waals surface area (Å²) < 4.78 is 0. The molecule has 0 heterocycles. The Balaban J connectivity index is 2.04. The minimum absolute atomic E-state index is 0.709. The lowest BCUT2D eigenvalue weighted by molar-refractivity contribution is -0.131. The molecule has 1 aliphatic carbocycles. The van der Waals surface area contributed by atoms with E-state index >= 15 is 0 Å². The lowest BCUT2D eigenvalue weighted by atomic mass is 9.84. The quantitative estimate of drug-likeness (QED) is 0.801. The third-order valence-corrected chi connectivity index (χ3v) is 3.43. The highest BCUT2D eigenvalue weighted by Gasteiger charge is 2.14. The van der Waals surface area contributed by atoms with Gasteiger partial charge in [-0.25, -0.2) is 4.79 Å². The van der Waals surface area contributed by atoms with E-state index in [2.05, 4.69) is 12.1 Å². The minimum Gasteiger partial charge on any atom is -0.478 e. The standard InChI is InChI=1S/C15H18O2/c16-15(17)11-8-12-6-9-14(10-7-12)13-4-2-1-3-5-13/h6-11,13H,1-5H2,(H,16,17). The normalized spacial score (nSPS) is 17.4. The monoisotopic (exact) mass is 230 g/mol. The van der Waals surface area contributed by atoms with Crippen molar-refractivity contribution in [1.82, 2.24) is 0 Å². The Kier molecular flexibility index (Phi) is 3.97. The molecular weight excluding hydrogens is 212 g/mol. The molecule has 1 saturated carbocycles. The smallest absolute Gasteiger partial charge is 0.328 e. The van der Waals surface area contributed by atoms with Crippen LogP contribution >= 0.6 is 0 Å². The number of aliphatic carboxylic acids is 1. The van der Waals surface area contributed by atoms with E-state index in [9.17, 15) is 4.79 Å². The second kappa shape index (κ2) is 5.67. The highest BCUT2D eigenvalue weighted by Crippen LogP contribution is 2.32. The lowest BCUT2D eigenvalue weighted by Crippen LogP contribution is -2.04. The fourth-order valence-electron chi connectivity index (χ4n) is 2.48. The zero-order chi connectivity index (χ0) is 12.1. The van der Waals surface area contributed by atoms with Gasteiger partial charge in [-0.15, -0.1) is 0 Å². The van der Waals surface area contributed by atoms with Crippen molar-refractivity contribution in [2.24, 2.45) is 0 Å². The van der Waals surface area contributed by atoms with Gasteiger partial charge >= 0.3 is 5.97 Å². The molecular formula is C15H18O2. The molecule has 0 aliphatic heterocycles. The van der Waals surface area contributed by atoms with Crippen LogP contribution in [0.3, 0.4) is 0 Å². The molecule has 0 saturated heterocycles. The molecule has 2 heteroatoms. The van der Waals surface area contributed by atoms with Crippen LogP contribution in [0, 0.1) is 0 Å². The predicted octanol–water partition coefficient (Wildman–Crippen LogP) is 3.83. The van der Waals surface area contributed by atoms with Gasteiger partial charge in [-0.2, -0.15) is 0 Å². The predicted molar refractivity (Wildman–Crippen MR) is 68.9 cm³/mol. The molecule has 1 aliphatic rings. The molecule has 2 nitrogen and oxygen atoms in total. The molecule has 0 bridgehead atoms. The van der Waals surface area contributed by atoms with E-state index in [0.29, 0.717) is 5.92 Å². The Hall–Kier alpha value is -1.57. The summed E-state index contributed by atoms with van der Waals surface area (Å²) in [6.45, 7) is 0. The maximum Gasteiger partial charge on any atom is 0.328 e. The van der Waals surface area contributed by atoms with Crippen LogP contribution in [0.25, 0.3) is 6.08 Å². The van der Waals surface area contributed by atoms with Crippen LogP contribution in [0.15, 0.2) is 30.3 Å². The van der Waals surface area contributed by atoms with Crippen molar-refractivity contribution in [2.75, 3.05) is 0 Å². The molecule has 0 radical (unpaired) electrons. The molecule has 0 spiro atoms. The first kappa shape index (κ1) is 11.9. The number of hydrogen-bond acceptors (Lipinski definition) is 1. The molecule has 1 N–H and O–H groups in total. The summed E-state index contributed by atoms with van der Waals surface area (Å²) in [7, 11) is 0. The fourth-order valence-corrected chi connectivity index (χ4v) is 2.48. The zero-order valence-electron chi connectivity index (χ0n) is 9.93. The lowest BCUT2D eigenvalue weighted by Gasteiger charge is -2.21. The number of benzene rings is 1. The molecule has 0 aromatic heterocycles. The Morgan fingerprint density at radius 3 is 2.35 bits per heavy atom. The second-order valence-electron chi connectivity index (χ2n) is 4.67. The first-order valence-corrected chi connectivity index (χ1v) is 6.26. The van der Waals surface area contributed by atoms with Crippen molar-refractivity contribution in [3.05, 3.63) is 41.5 Å². The third-order valence-electron chi connectivity index (χ3n) is 3.43. The van der Waals surface area contributed by atoms with Crippen LogP contribution in [-0.2, 0) is 4.79 Å². The van der Waals surface area contributed by atoms with E-state index in [-0.39, 0.29) is 0 Å². The average Bonchev–Trinajstić information content (AvgIpc) is 2.38. The van der Waals surface area contributed by atoms with Gasteiger partial charge < -0.3 is 5.11 Å². The third kappa shape index (κ3) is 3.45. The highest BCUT2D eigenvalue weighted by molar-refractivity contribution is 5.85. The van der Waals surface area contributed by atoms with E-state index < -0.39 is 5.97 Å². The van der Waals surface area contributed by atoms with E-state index in [4.69, 9.17) is 5.11 Å². The van der Waals surface area contributed by atoms with Crippen LogP contribution in [0.2, 0.25) is 0 Å². The minimum atomic E-state index is -0.902. The van der Waals surface area contributed by atoms with Crippen molar-refractivity contribution in [3.8, 4) is 0 Å². The van der Waals surface area contributed by atoms with Crippen LogP contribution < -0.4 is 0 Å². The molecule has 1 aromatic rings. The van der Waals surface area contributed by atoms with Gasteiger partial charge in [-0.05, 0) is 36.0 Å². The number of hydrogen-bond donors (Lipinski definition) is 1. The second-order valence-corrected chi connectivity index (χ2v) is 4.67. The van der Waals surface area contributed by atoms with Crippen LogP contribution in [-0.4, -0.2) is 11.1 Å². The SMILES string of the molecule is O=C(O)C=Cc1ccc(C2CCCCC2)cc1. The Labute approximate surface area is 102 Å². The number of carboxylic acids is 1. The summed E-state index contributed by atoms with van der Waals surface area (Å²) in [5, 5.41) is 8.55. The summed E-state index contributed by atoms with van der Waals surface area (Å²) in [5.74, 6) is -0.192. The van der Waals surface area contributed by atoms with E-state index in [1.165, 1.54) is 43.7 Å².